The largest absolute Gasteiger partial charge is 0.371 e. The molecule has 1 unspecified atom stereocenters. The lowest BCUT2D eigenvalue weighted by molar-refractivity contribution is -0.135. The van der Waals surface area contributed by atoms with Crippen molar-refractivity contribution >= 4 is 17.1 Å². The molecule has 0 saturated carbocycles. The van der Waals surface area contributed by atoms with Gasteiger partial charge in [0.1, 0.15) is 5.01 Å². The highest BCUT2D eigenvalue weighted by atomic mass is 32.1. The summed E-state index contributed by atoms with van der Waals surface area (Å²) in [7, 11) is 0. The van der Waals surface area contributed by atoms with Crippen LogP contribution in [0.4, 0.5) is 0 Å². The van der Waals surface area contributed by atoms with Gasteiger partial charge < -0.3 is 5.11 Å². The summed E-state index contributed by atoms with van der Waals surface area (Å²) in [5.41, 5.74) is 0.203. The first-order valence-electron chi connectivity index (χ1n) is 5.05. The van der Waals surface area contributed by atoms with Gasteiger partial charge >= 0.3 is 0 Å². The van der Waals surface area contributed by atoms with Crippen LogP contribution in [0, 0.1) is 0 Å². The fraction of sp³-hybridized carbons (Fsp3) is 0.455. The molecule has 0 fully saturated rings. The number of hydrogen-bond donors (Lipinski definition) is 1. The van der Waals surface area contributed by atoms with E-state index in [4.69, 9.17) is 0 Å². The molecule has 0 radical (unpaired) electrons. The Labute approximate surface area is 92.5 Å². The highest BCUT2D eigenvalue weighted by Gasteiger charge is 2.53. The predicted molar refractivity (Wildman–Crippen MR) is 58.6 cm³/mol. The summed E-state index contributed by atoms with van der Waals surface area (Å²) in [4.78, 5) is 15.9. The second kappa shape index (κ2) is 3.54. The fourth-order valence-electron chi connectivity index (χ4n) is 2.12. The summed E-state index contributed by atoms with van der Waals surface area (Å²) in [5.74, 6) is -0.170. The van der Waals surface area contributed by atoms with Crippen molar-refractivity contribution < 1.29 is 9.90 Å². The van der Waals surface area contributed by atoms with Gasteiger partial charge in [0, 0.05) is 17.2 Å². The molecule has 0 amide bonds. The summed E-state index contributed by atoms with van der Waals surface area (Å²) in [6.45, 7) is 3.89. The van der Waals surface area contributed by atoms with E-state index in [2.05, 4.69) is 4.98 Å². The van der Waals surface area contributed by atoms with Gasteiger partial charge in [-0.25, -0.2) is 4.98 Å². The summed E-state index contributed by atoms with van der Waals surface area (Å²) in [6.07, 6.45) is 3.00. The molecule has 15 heavy (non-hydrogen) atoms. The number of nitrogens with zero attached hydrogens (tertiary/aromatic N) is 1. The van der Waals surface area contributed by atoms with E-state index in [9.17, 15) is 9.90 Å². The molecule has 1 aliphatic rings. The first-order chi connectivity index (χ1) is 7.16. The van der Waals surface area contributed by atoms with Crippen LogP contribution >= 0.6 is 11.3 Å². The number of aromatic nitrogens is 1. The van der Waals surface area contributed by atoms with E-state index in [1.807, 2.05) is 13.8 Å². The smallest absolute Gasteiger partial charge is 0.201 e. The molecule has 1 aromatic heterocycles. The van der Waals surface area contributed by atoms with Gasteiger partial charge in [-0.3, -0.25) is 4.79 Å². The number of carbonyl (C=O) groups is 1. The lowest BCUT2D eigenvalue weighted by Crippen LogP contribution is -2.48. The van der Waals surface area contributed by atoms with Crippen molar-refractivity contribution in [1.29, 1.82) is 0 Å². The van der Waals surface area contributed by atoms with E-state index >= 15 is 0 Å². The summed E-state index contributed by atoms with van der Waals surface area (Å²) in [5, 5.41) is 12.6. The van der Waals surface area contributed by atoms with Crippen LogP contribution in [0.2, 0.25) is 0 Å². The minimum atomic E-state index is -1.41. The molecular formula is C11H13NO2S. The first kappa shape index (κ1) is 10.5. The Morgan fingerprint density at radius 3 is 2.67 bits per heavy atom. The number of Topliss-reactive ketones (excluding diaryl/α,β-unsaturated/α-hetero) is 1. The summed E-state index contributed by atoms with van der Waals surface area (Å²) in [6, 6.07) is 0. The molecule has 0 aliphatic heterocycles. The molecule has 0 spiro atoms. The number of ketones is 1. The standard InChI is InChI=1S/C11H13NO2S/c1-3-7-8(4-2)11(14,9(7)13)10-12-5-6-15-10/h5-6,14H,3-4H2,1-2H3. The number of thiazole rings is 1. The van der Waals surface area contributed by atoms with Crippen LogP contribution in [0.1, 0.15) is 31.7 Å². The lowest BCUT2D eigenvalue weighted by atomic mass is 9.70. The van der Waals surface area contributed by atoms with Crippen molar-refractivity contribution in [2.75, 3.05) is 0 Å². The van der Waals surface area contributed by atoms with Gasteiger partial charge in [0.2, 0.25) is 11.4 Å². The van der Waals surface area contributed by atoms with Crippen LogP contribution in [0.25, 0.3) is 0 Å². The van der Waals surface area contributed by atoms with E-state index in [0.29, 0.717) is 17.8 Å². The van der Waals surface area contributed by atoms with Crippen LogP contribution in [0.3, 0.4) is 0 Å². The second-order valence-corrected chi connectivity index (χ2v) is 4.44. The van der Waals surface area contributed by atoms with Crippen molar-refractivity contribution in [3.8, 4) is 0 Å². The molecule has 1 heterocycles. The Balaban J connectivity index is 2.49. The first-order valence-corrected chi connectivity index (χ1v) is 5.93. The van der Waals surface area contributed by atoms with Gasteiger partial charge in [0.05, 0.1) is 0 Å². The van der Waals surface area contributed by atoms with Crippen LogP contribution in [0.5, 0.6) is 0 Å². The minimum absolute atomic E-state index is 0.170. The van der Waals surface area contributed by atoms with Gasteiger partial charge in [-0.1, -0.05) is 13.8 Å². The van der Waals surface area contributed by atoms with Gasteiger partial charge in [0.15, 0.2) is 0 Å². The zero-order chi connectivity index (χ0) is 11.1. The van der Waals surface area contributed by atoms with Crippen molar-refractivity contribution in [1.82, 2.24) is 4.98 Å². The lowest BCUT2D eigenvalue weighted by Gasteiger charge is -2.38. The molecule has 1 aliphatic carbocycles. The van der Waals surface area contributed by atoms with Crippen molar-refractivity contribution in [3.05, 3.63) is 27.7 Å². The Kier molecular flexibility index (Phi) is 2.48. The van der Waals surface area contributed by atoms with Crippen LogP contribution in [-0.4, -0.2) is 15.9 Å². The highest BCUT2D eigenvalue weighted by molar-refractivity contribution is 7.09. The maximum Gasteiger partial charge on any atom is 0.201 e. The van der Waals surface area contributed by atoms with Gasteiger partial charge in [0.25, 0.3) is 0 Å². The van der Waals surface area contributed by atoms with Crippen molar-refractivity contribution in [3.63, 3.8) is 0 Å². The van der Waals surface area contributed by atoms with Crippen molar-refractivity contribution in [2.24, 2.45) is 0 Å². The zero-order valence-corrected chi connectivity index (χ0v) is 9.60. The predicted octanol–water partition coefficient (Wildman–Crippen LogP) is 2.03. The van der Waals surface area contributed by atoms with E-state index in [0.717, 1.165) is 11.1 Å². The molecular weight excluding hydrogens is 210 g/mol. The average molecular weight is 223 g/mol. The molecule has 1 N–H and O–H groups in total. The Bertz CT molecular complexity index is 422. The minimum Gasteiger partial charge on any atom is -0.371 e. The highest BCUT2D eigenvalue weighted by Crippen LogP contribution is 2.46. The Morgan fingerprint density at radius 2 is 2.20 bits per heavy atom. The van der Waals surface area contributed by atoms with E-state index in [1.54, 1.807) is 11.6 Å². The molecule has 3 nitrogen and oxygen atoms in total. The third kappa shape index (κ3) is 1.21. The number of rotatable bonds is 3. The molecule has 80 valence electrons. The SMILES string of the molecule is CCC1=C(CC)C(O)(c2nccs2)C1=O. The number of aliphatic hydroxyl groups is 1. The molecule has 1 aromatic rings. The second-order valence-electron chi connectivity index (χ2n) is 3.54. The maximum absolute atomic E-state index is 11.8. The zero-order valence-electron chi connectivity index (χ0n) is 8.78. The molecule has 2 rings (SSSR count). The van der Waals surface area contributed by atoms with Crippen LogP contribution in [0.15, 0.2) is 22.7 Å². The Morgan fingerprint density at radius 1 is 1.47 bits per heavy atom. The maximum atomic E-state index is 11.8. The molecule has 0 aromatic carbocycles. The quantitative estimate of drug-likeness (QED) is 0.853. The monoisotopic (exact) mass is 223 g/mol. The van der Waals surface area contributed by atoms with Gasteiger partial charge in [-0.05, 0) is 18.4 Å². The molecule has 1 atom stereocenters. The topological polar surface area (TPSA) is 50.2 Å². The van der Waals surface area contributed by atoms with Crippen molar-refractivity contribution in [2.45, 2.75) is 32.3 Å². The van der Waals surface area contributed by atoms with Crippen LogP contribution in [-0.2, 0) is 10.4 Å². The van der Waals surface area contributed by atoms with Gasteiger partial charge in [-0.2, -0.15) is 0 Å². The number of carbonyl (C=O) groups excluding carboxylic acids is 1. The third-order valence-corrected chi connectivity index (χ3v) is 3.73. The Hall–Kier alpha value is -1.00. The van der Waals surface area contributed by atoms with Gasteiger partial charge in [-0.15, -0.1) is 11.3 Å². The van der Waals surface area contributed by atoms with E-state index < -0.39 is 5.60 Å². The number of hydrogen-bond acceptors (Lipinski definition) is 4. The third-order valence-electron chi connectivity index (χ3n) is 2.85. The fourth-order valence-corrected chi connectivity index (χ4v) is 2.88. The molecule has 4 heteroatoms. The van der Waals surface area contributed by atoms with Crippen LogP contribution < -0.4 is 0 Å². The average Bonchev–Trinajstić information content (AvgIpc) is 2.77. The van der Waals surface area contributed by atoms with E-state index in [-0.39, 0.29) is 5.78 Å². The molecule has 0 saturated heterocycles. The summed E-state index contributed by atoms with van der Waals surface area (Å²) >= 11 is 1.32. The summed E-state index contributed by atoms with van der Waals surface area (Å²) < 4.78 is 0. The normalized spacial score (nSPS) is 25.7. The van der Waals surface area contributed by atoms with E-state index in [1.165, 1.54) is 11.3 Å². The molecule has 0 bridgehead atoms.